The third kappa shape index (κ3) is 7.39. The van der Waals surface area contributed by atoms with E-state index in [4.69, 9.17) is 4.74 Å². The summed E-state index contributed by atoms with van der Waals surface area (Å²) < 4.78 is 48.2. The van der Waals surface area contributed by atoms with Gasteiger partial charge < -0.3 is 19.4 Å². The molecular weight excluding hydrogens is 583 g/mol. The standard InChI is InChI=1S/C32H45FN6O4S/c1-5-39(23(3)4)31(40)27-17-25(33)9-12-28(27)43-29-18-34-22-35-30(29)38-20-32(21-38)13-15-37(16-14-32)19-24-7-10-26(11-8-24)36-44(41,42)6-2/h9,12,17-18,22-24H,5-8,10-11,13-16,19-21H2,1-4H3. The predicted molar refractivity (Wildman–Crippen MR) is 170 cm³/mol. The van der Waals surface area contributed by atoms with E-state index >= 15 is 0 Å². The molecule has 3 fully saturated rings. The molecule has 44 heavy (non-hydrogen) atoms. The Labute approximate surface area is 260 Å². The van der Waals surface area contributed by atoms with Crippen LogP contribution in [0.3, 0.4) is 0 Å². The van der Waals surface area contributed by atoms with Crippen molar-refractivity contribution in [2.75, 3.05) is 49.9 Å². The zero-order valence-electron chi connectivity index (χ0n) is 26.3. The van der Waals surface area contributed by atoms with E-state index in [1.165, 1.54) is 24.5 Å². The van der Waals surface area contributed by atoms with Gasteiger partial charge in [-0.05, 0) is 103 Å². The lowest BCUT2D eigenvalue weighted by Crippen LogP contribution is -2.61. The van der Waals surface area contributed by atoms with Gasteiger partial charge in [-0.15, -0.1) is 0 Å². The highest BCUT2D eigenvalue weighted by Gasteiger charge is 2.46. The molecular formula is C32H45FN6O4S. The first-order valence-corrected chi connectivity index (χ1v) is 17.5. The molecule has 10 nitrogen and oxygen atoms in total. The van der Waals surface area contributed by atoms with Gasteiger partial charge in [-0.1, -0.05) is 0 Å². The van der Waals surface area contributed by atoms with Crippen molar-refractivity contribution in [3.8, 4) is 11.5 Å². The summed E-state index contributed by atoms with van der Waals surface area (Å²) in [4.78, 5) is 28.5. The predicted octanol–water partition coefficient (Wildman–Crippen LogP) is 5.16. The van der Waals surface area contributed by atoms with Crippen LogP contribution in [0.1, 0.15) is 76.6 Å². The summed E-state index contributed by atoms with van der Waals surface area (Å²) in [6.07, 6.45) is 8.88. The van der Waals surface area contributed by atoms with Crippen LogP contribution in [0.15, 0.2) is 35.1 Å². The Balaban J connectivity index is 1.17. The first-order valence-electron chi connectivity index (χ1n) is 15.9. The molecule has 240 valence electrons. The number of nitrogens with zero attached hydrogens (tertiary/aromatic N) is 6. The normalized spacial score (nSPS) is 20.5. The van der Waals surface area contributed by atoms with Gasteiger partial charge in [0.05, 0.1) is 17.5 Å². The molecule has 2 aliphatic heterocycles. The fourth-order valence-corrected chi connectivity index (χ4v) is 7.45. The number of hydrogen-bond donors (Lipinski definition) is 0. The van der Waals surface area contributed by atoms with Crippen molar-refractivity contribution in [3.05, 3.63) is 42.1 Å². The zero-order valence-corrected chi connectivity index (χ0v) is 27.2. The van der Waals surface area contributed by atoms with Gasteiger partial charge in [-0.2, -0.15) is 4.40 Å². The van der Waals surface area contributed by atoms with Crippen LogP contribution in [0.5, 0.6) is 11.5 Å². The Morgan fingerprint density at radius 1 is 1.16 bits per heavy atom. The molecule has 1 spiro atoms. The van der Waals surface area contributed by atoms with Gasteiger partial charge in [0.15, 0.2) is 11.6 Å². The van der Waals surface area contributed by atoms with Crippen molar-refractivity contribution in [1.29, 1.82) is 0 Å². The van der Waals surface area contributed by atoms with E-state index in [0.717, 1.165) is 77.0 Å². The molecule has 3 heterocycles. The molecule has 0 atom stereocenters. The minimum absolute atomic E-state index is 0.0374. The number of piperidine rings is 1. The van der Waals surface area contributed by atoms with Crippen molar-refractivity contribution < 1.29 is 22.3 Å². The minimum Gasteiger partial charge on any atom is -0.451 e. The van der Waals surface area contributed by atoms with Gasteiger partial charge in [0.25, 0.3) is 15.9 Å². The first-order chi connectivity index (χ1) is 21.0. The van der Waals surface area contributed by atoms with Crippen LogP contribution in [0.25, 0.3) is 0 Å². The SMILES string of the molecule is CCN(C(=O)c1cc(F)ccc1Oc1cncnc1N1CC2(CCN(CC3CCC(=NS(=O)(=O)CC)CC3)CC2)C1)C(C)C. The third-order valence-electron chi connectivity index (χ3n) is 9.38. The van der Waals surface area contributed by atoms with Crippen LogP contribution >= 0.6 is 0 Å². The summed E-state index contributed by atoms with van der Waals surface area (Å²) in [7, 11) is -3.30. The molecule has 2 aromatic rings. The summed E-state index contributed by atoms with van der Waals surface area (Å²) >= 11 is 0. The number of sulfonamides is 1. The highest BCUT2D eigenvalue weighted by molar-refractivity contribution is 7.90. The van der Waals surface area contributed by atoms with Gasteiger partial charge in [-0.25, -0.2) is 22.8 Å². The molecule has 12 heteroatoms. The van der Waals surface area contributed by atoms with E-state index in [9.17, 15) is 17.6 Å². The second kappa shape index (κ2) is 13.5. The molecule has 1 saturated carbocycles. The monoisotopic (exact) mass is 628 g/mol. The third-order valence-corrected chi connectivity index (χ3v) is 10.6. The lowest BCUT2D eigenvalue weighted by atomic mass is 9.71. The Hall–Kier alpha value is -3.12. The number of hydrogen-bond acceptors (Lipinski definition) is 8. The van der Waals surface area contributed by atoms with Crippen LogP contribution in [-0.4, -0.2) is 90.9 Å². The van der Waals surface area contributed by atoms with E-state index in [2.05, 4.69) is 24.2 Å². The van der Waals surface area contributed by atoms with E-state index in [0.29, 0.717) is 24.0 Å². The largest absolute Gasteiger partial charge is 0.451 e. The minimum atomic E-state index is -3.30. The molecule has 1 aromatic heterocycles. The number of amides is 1. The highest BCUT2D eigenvalue weighted by Crippen LogP contribution is 2.45. The second-order valence-electron chi connectivity index (χ2n) is 12.8. The molecule has 0 N–H and O–H groups in total. The number of likely N-dealkylation sites (tertiary alicyclic amines) is 1. The lowest BCUT2D eigenvalue weighted by molar-refractivity contribution is 0.0647. The molecule has 1 aromatic carbocycles. The fourth-order valence-electron chi connectivity index (χ4n) is 6.75. The number of ether oxygens (including phenoxy) is 1. The lowest BCUT2D eigenvalue weighted by Gasteiger charge is -2.54. The molecule has 3 aliphatic rings. The van der Waals surface area contributed by atoms with Gasteiger partial charge in [0.2, 0.25) is 0 Å². The Morgan fingerprint density at radius 2 is 1.86 bits per heavy atom. The molecule has 0 bridgehead atoms. The number of halogens is 1. The maximum atomic E-state index is 14.2. The van der Waals surface area contributed by atoms with E-state index in [1.807, 2.05) is 20.8 Å². The fraction of sp³-hybridized carbons (Fsp3) is 0.625. The molecule has 5 rings (SSSR count). The van der Waals surface area contributed by atoms with Gasteiger partial charge in [0.1, 0.15) is 17.9 Å². The van der Waals surface area contributed by atoms with E-state index < -0.39 is 15.8 Å². The van der Waals surface area contributed by atoms with Crippen molar-refractivity contribution in [3.63, 3.8) is 0 Å². The highest BCUT2D eigenvalue weighted by atomic mass is 32.2. The maximum Gasteiger partial charge on any atom is 0.257 e. The van der Waals surface area contributed by atoms with E-state index in [-0.39, 0.29) is 34.4 Å². The zero-order chi connectivity index (χ0) is 31.5. The average Bonchev–Trinajstić information content (AvgIpc) is 2.99. The average molecular weight is 629 g/mol. The smallest absolute Gasteiger partial charge is 0.257 e. The number of benzene rings is 1. The molecule has 0 unspecified atom stereocenters. The Kier molecular flexibility index (Phi) is 9.89. The summed E-state index contributed by atoms with van der Waals surface area (Å²) in [6, 6.07) is 3.98. The Morgan fingerprint density at radius 3 is 2.50 bits per heavy atom. The van der Waals surface area contributed by atoms with Crippen molar-refractivity contribution in [2.45, 2.75) is 72.3 Å². The van der Waals surface area contributed by atoms with Crippen molar-refractivity contribution >= 4 is 27.5 Å². The van der Waals surface area contributed by atoms with Crippen molar-refractivity contribution in [1.82, 2.24) is 19.8 Å². The van der Waals surface area contributed by atoms with Crippen LogP contribution in [0.2, 0.25) is 0 Å². The van der Waals surface area contributed by atoms with Crippen LogP contribution in [0.4, 0.5) is 10.2 Å². The van der Waals surface area contributed by atoms with Crippen LogP contribution < -0.4 is 9.64 Å². The Bertz CT molecular complexity index is 1460. The second-order valence-corrected chi connectivity index (χ2v) is 14.7. The molecule has 2 saturated heterocycles. The van der Waals surface area contributed by atoms with Crippen molar-refractivity contribution in [2.24, 2.45) is 15.7 Å². The number of anilines is 1. The first kappa shape index (κ1) is 32.3. The topological polar surface area (TPSA) is 108 Å². The molecule has 1 aliphatic carbocycles. The van der Waals surface area contributed by atoms with Crippen LogP contribution in [0, 0.1) is 17.2 Å². The van der Waals surface area contributed by atoms with Crippen LogP contribution in [-0.2, 0) is 10.0 Å². The van der Waals surface area contributed by atoms with Gasteiger partial charge in [-0.3, -0.25) is 4.79 Å². The molecule has 0 radical (unpaired) electrons. The summed E-state index contributed by atoms with van der Waals surface area (Å²) in [5.41, 5.74) is 1.24. The number of rotatable bonds is 10. The summed E-state index contributed by atoms with van der Waals surface area (Å²) in [6.45, 7) is 12.8. The quantitative estimate of drug-likeness (QED) is 0.355. The van der Waals surface area contributed by atoms with Gasteiger partial charge in [0, 0.05) is 43.3 Å². The molecule has 1 amide bonds. The van der Waals surface area contributed by atoms with E-state index in [1.54, 1.807) is 18.0 Å². The number of carbonyl (C=O) groups is 1. The maximum absolute atomic E-state index is 14.2. The number of aromatic nitrogens is 2. The summed E-state index contributed by atoms with van der Waals surface area (Å²) in [5, 5.41) is 0. The number of carbonyl (C=O) groups excluding carboxylic acids is 1. The van der Waals surface area contributed by atoms with Gasteiger partial charge >= 0.3 is 0 Å². The summed E-state index contributed by atoms with van der Waals surface area (Å²) in [5.74, 6) is 1.27.